The number of rotatable bonds is 21. The van der Waals surface area contributed by atoms with Crippen LogP contribution in [0.25, 0.3) is 0 Å². The number of hydrogen-bond acceptors (Lipinski definition) is 13. The predicted octanol–water partition coefficient (Wildman–Crippen LogP) is 3.54. The SMILES string of the molecule is CNCNC(O)(CCC(=O)NC(CSC1C2=C3C(CCCCCC14CCCC4)CC(Cc1ccncc1)=C(C(CCc1ccccc1)NC)C3C(=O)O2)C(=O)NC(O)C(=O)O)C(=O)O. The molecule has 64 heavy (non-hydrogen) atoms. The van der Waals surface area contributed by atoms with Crippen LogP contribution >= 0.6 is 11.8 Å². The Morgan fingerprint density at radius 1 is 0.953 bits per heavy atom. The van der Waals surface area contributed by atoms with Gasteiger partial charge in [0.25, 0.3) is 0 Å². The van der Waals surface area contributed by atoms with E-state index in [4.69, 9.17) is 4.74 Å². The number of carboxylic acids is 2. The summed E-state index contributed by atoms with van der Waals surface area (Å²) in [6, 6.07) is 12.8. The molecule has 1 aromatic carbocycles. The number of amides is 2. The van der Waals surface area contributed by atoms with E-state index in [-0.39, 0.29) is 35.8 Å². The molecule has 0 bridgehead atoms. The molecular formula is C47H64N6O10S. The Kier molecular flexibility index (Phi) is 17.2. The number of thioether (sulfide) groups is 1. The Morgan fingerprint density at radius 2 is 1.66 bits per heavy atom. The summed E-state index contributed by atoms with van der Waals surface area (Å²) in [5, 5.41) is 53.0. The van der Waals surface area contributed by atoms with Crippen LogP contribution in [0.15, 0.2) is 77.3 Å². The summed E-state index contributed by atoms with van der Waals surface area (Å²) in [4.78, 5) is 69.9. The van der Waals surface area contributed by atoms with Gasteiger partial charge < -0.3 is 46.4 Å². The summed E-state index contributed by atoms with van der Waals surface area (Å²) in [5.41, 5.74) is 2.81. The smallest absolute Gasteiger partial charge is 0.353 e. The van der Waals surface area contributed by atoms with Crippen molar-refractivity contribution in [2.75, 3.05) is 26.5 Å². The molecule has 2 amide bonds. The fraction of sp³-hybridized carbons (Fsp3) is 0.574. The summed E-state index contributed by atoms with van der Waals surface area (Å²) in [7, 11) is 3.49. The number of carbonyl (C=O) groups is 5. The number of pyridine rings is 1. The molecule has 17 heteroatoms. The van der Waals surface area contributed by atoms with Gasteiger partial charge in [-0.15, -0.1) is 11.8 Å². The van der Waals surface area contributed by atoms with E-state index in [0.29, 0.717) is 12.2 Å². The van der Waals surface area contributed by atoms with Crippen LogP contribution in [0.4, 0.5) is 0 Å². The highest BCUT2D eigenvalue weighted by molar-refractivity contribution is 8.00. The van der Waals surface area contributed by atoms with Crippen molar-refractivity contribution >= 4 is 41.5 Å². The number of allylic oxidation sites excluding steroid dienone is 1. The molecule has 9 N–H and O–H groups in total. The maximum atomic E-state index is 14.8. The molecule has 348 valence electrons. The van der Waals surface area contributed by atoms with Gasteiger partial charge in [0.2, 0.25) is 23.8 Å². The van der Waals surface area contributed by atoms with Crippen LogP contribution in [0.1, 0.15) is 94.6 Å². The molecule has 16 nitrogen and oxygen atoms in total. The molecule has 2 heterocycles. The van der Waals surface area contributed by atoms with Gasteiger partial charge in [0, 0.05) is 43.7 Å². The number of aromatic nitrogens is 1. The van der Waals surface area contributed by atoms with Crippen molar-refractivity contribution in [3.8, 4) is 0 Å². The second-order valence-electron chi connectivity index (χ2n) is 17.7. The van der Waals surface area contributed by atoms with Crippen molar-refractivity contribution in [3.05, 3.63) is 88.5 Å². The van der Waals surface area contributed by atoms with Crippen LogP contribution in [-0.4, -0.2) is 111 Å². The number of aliphatic hydroxyl groups excluding tert-OH is 1. The van der Waals surface area contributed by atoms with Crippen LogP contribution in [0.3, 0.4) is 0 Å². The van der Waals surface area contributed by atoms with Crippen LogP contribution in [-0.2, 0) is 41.6 Å². The van der Waals surface area contributed by atoms with Crippen molar-refractivity contribution in [1.29, 1.82) is 0 Å². The average Bonchev–Trinajstić information content (AvgIpc) is 3.90. The lowest BCUT2D eigenvalue weighted by Crippen LogP contribution is -2.56. The number of ether oxygens (including phenoxy) is 1. The highest BCUT2D eigenvalue weighted by atomic mass is 32.2. The van der Waals surface area contributed by atoms with Crippen LogP contribution in [0.5, 0.6) is 0 Å². The maximum absolute atomic E-state index is 14.8. The van der Waals surface area contributed by atoms with Crippen LogP contribution < -0.4 is 26.6 Å². The zero-order chi connectivity index (χ0) is 45.9. The molecule has 7 unspecified atom stereocenters. The third-order valence-corrected chi connectivity index (χ3v) is 15.1. The minimum atomic E-state index is -2.45. The molecule has 0 radical (unpaired) electrons. The van der Waals surface area contributed by atoms with Crippen molar-refractivity contribution in [1.82, 2.24) is 31.6 Å². The Bertz CT molecular complexity index is 2030. The van der Waals surface area contributed by atoms with E-state index in [1.807, 2.05) is 37.4 Å². The number of aliphatic hydroxyl groups is 2. The number of esters is 1. The van der Waals surface area contributed by atoms with Crippen molar-refractivity contribution in [2.45, 2.75) is 126 Å². The minimum Gasteiger partial charge on any atom is -0.478 e. The Balaban J connectivity index is 1.39. The van der Waals surface area contributed by atoms with E-state index < -0.39 is 65.8 Å². The molecule has 1 spiro atoms. The summed E-state index contributed by atoms with van der Waals surface area (Å²) in [5.74, 6) is -5.40. The fourth-order valence-electron chi connectivity index (χ4n) is 10.2. The Labute approximate surface area is 378 Å². The Morgan fingerprint density at radius 3 is 2.31 bits per heavy atom. The van der Waals surface area contributed by atoms with Gasteiger partial charge in [-0.25, -0.2) is 9.59 Å². The van der Waals surface area contributed by atoms with Gasteiger partial charge in [-0.1, -0.05) is 68.0 Å². The van der Waals surface area contributed by atoms with Gasteiger partial charge in [0.05, 0.1) is 5.25 Å². The first kappa shape index (κ1) is 48.8. The summed E-state index contributed by atoms with van der Waals surface area (Å²) in [6.45, 7) is -0.0704. The number of aryl methyl sites for hydroxylation is 1. The average molecular weight is 905 g/mol. The lowest BCUT2D eigenvalue weighted by atomic mass is 9.66. The molecule has 1 aromatic heterocycles. The molecular weight excluding hydrogens is 841 g/mol. The maximum Gasteiger partial charge on any atom is 0.353 e. The van der Waals surface area contributed by atoms with E-state index in [1.165, 1.54) is 22.9 Å². The second-order valence-corrected chi connectivity index (χ2v) is 18.8. The molecule has 7 atom stereocenters. The fourth-order valence-corrected chi connectivity index (χ4v) is 11.9. The van der Waals surface area contributed by atoms with Gasteiger partial charge in [-0.2, -0.15) is 0 Å². The normalized spacial score (nSPS) is 23.1. The lowest BCUT2D eigenvalue weighted by Gasteiger charge is -2.41. The van der Waals surface area contributed by atoms with E-state index in [1.54, 1.807) is 19.4 Å². The number of nitrogens with zero attached hydrogens (tertiary/aromatic N) is 1. The summed E-state index contributed by atoms with van der Waals surface area (Å²) in [6.07, 6.45) is 11.7. The molecule has 6 rings (SSSR count). The minimum absolute atomic E-state index is 0.0207. The van der Waals surface area contributed by atoms with Crippen LogP contribution in [0.2, 0.25) is 0 Å². The largest absolute Gasteiger partial charge is 0.478 e. The molecule has 1 fully saturated rings. The monoisotopic (exact) mass is 904 g/mol. The van der Waals surface area contributed by atoms with Crippen molar-refractivity contribution in [2.24, 2.45) is 17.3 Å². The number of aliphatic carboxylic acids is 2. The number of carbonyl (C=O) groups excluding carboxylic acids is 3. The second kappa shape index (κ2) is 22.5. The van der Waals surface area contributed by atoms with Crippen molar-refractivity contribution < 1.29 is 49.1 Å². The zero-order valence-corrected chi connectivity index (χ0v) is 37.6. The van der Waals surface area contributed by atoms with Gasteiger partial charge in [0.1, 0.15) is 17.7 Å². The predicted molar refractivity (Wildman–Crippen MR) is 240 cm³/mol. The Hall–Kier alpha value is -4.65. The molecule has 3 aliphatic carbocycles. The van der Waals surface area contributed by atoms with Gasteiger partial charge in [0.15, 0.2) is 0 Å². The molecule has 0 saturated heterocycles. The number of carboxylic acid groups (broad SMARTS) is 2. The van der Waals surface area contributed by atoms with E-state index in [9.17, 15) is 44.4 Å². The summed E-state index contributed by atoms with van der Waals surface area (Å²) >= 11 is 1.39. The van der Waals surface area contributed by atoms with Crippen LogP contribution in [0, 0.1) is 17.3 Å². The first-order chi connectivity index (χ1) is 30.8. The molecule has 4 aliphatic rings. The quantitative estimate of drug-likeness (QED) is 0.0494. The lowest BCUT2D eigenvalue weighted by molar-refractivity contribution is -0.164. The van der Waals surface area contributed by atoms with Crippen molar-refractivity contribution in [3.63, 3.8) is 0 Å². The highest BCUT2D eigenvalue weighted by Gasteiger charge is 2.54. The molecule has 1 aliphatic heterocycles. The number of benzene rings is 1. The number of hydrogen-bond donors (Lipinski definition) is 9. The van der Waals surface area contributed by atoms with E-state index in [0.717, 1.165) is 93.8 Å². The molecule has 2 aromatic rings. The van der Waals surface area contributed by atoms with Gasteiger partial charge in [-0.05, 0) is 111 Å². The van der Waals surface area contributed by atoms with Gasteiger partial charge >= 0.3 is 17.9 Å². The number of nitrogens with one attached hydrogen (secondary N) is 5. The topological polar surface area (TPSA) is 249 Å². The standard InChI is InChI=1S/C47H64N6O10S/c1-48-28-51-47(62,45(60)61)22-16-35(54)52-34(41(55)53-42(56)43(57)58)27-64-40-39-37-31(13-7-4-8-19-46(40)20-9-10-21-46)26-32(25-30-17-23-50-24-18-30)36(38(37)44(59)63-39)33(49-2)15-14-29-11-5-3-6-12-29/h3,5-6,11-12,17-18,23-24,31,33-34,38,40,42,48-49,51,56,62H,4,7-10,13-16,19-22,25-28H2,1-2H3,(H,52,54)(H,53,55)(H,57,58)(H,60,61). The highest BCUT2D eigenvalue weighted by Crippen LogP contribution is 2.58. The first-order valence-corrected chi connectivity index (χ1v) is 23.6. The van der Waals surface area contributed by atoms with E-state index in [2.05, 4.69) is 43.7 Å². The first-order valence-electron chi connectivity index (χ1n) is 22.5. The third kappa shape index (κ3) is 11.8. The third-order valence-electron chi connectivity index (χ3n) is 13.5. The number of likely N-dealkylation sites (N-methyl/N-ethyl adjacent to an activating group) is 1. The zero-order valence-electron chi connectivity index (χ0n) is 36.8. The summed E-state index contributed by atoms with van der Waals surface area (Å²) < 4.78 is 6.64. The van der Waals surface area contributed by atoms with Gasteiger partial charge in [-0.3, -0.25) is 24.7 Å². The van der Waals surface area contributed by atoms with E-state index >= 15 is 0 Å². The molecule has 1 saturated carbocycles.